The Kier molecular flexibility index (Phi) is 6.18. The van der Waals surface area contributed by atoms with Crippen molar-refractivity contribution in [1.82, 2.24) is 15.4 Å². The zero-order chi connectivity index (χ0) is 21.0. The van der Waals surface area contributed by atoms with Crippen molar-refractivity contribution in [2.24, 2.45) is 0 Å². The summed E-state index contributed by atoms with van der Waals surface area (Å²) in [6.45, 7) is 1.60. The maximum absolute atomic E-state index is 12.7. The first-order valence-corrected chi connectivity index (χ1v) is 9.45. The summed E-state index contributed by atoms with van der Waals surface area (Å²) in [6.07, 6.45) is -1.81. The van der Waals surface area contributed by atoms with Crippen molar-refractivity contribution >= 4 is 34.9 Å². The van der Waals surface area contributed by atoms with E-state index in [1.807, 2.05) is 23.1 Å². The highest BCUT2D eigenvalue weighted by atomic mass is 32.1. The molecule has 29 heavy (non-hydrogen) atoms. The third kappa shape index (κ3) is 4.93. The van der Waals surface area contributed by atoms with Gasteiger partial charge in [-0.3, -0.25) is 14.8 Å². The van der Waals surface area contributed by atoms with E-state index >= 15 is 0 Å². The number of hydrogen-bond acceptors (Lipinski definition) is 6. The summed E-state index contributed by atoms with van der Waals surface area (Å²) in [5.41, 5.74) is 2.92. The van der Waals surface area contributed by atoms with Crippen LogP contribution in [-0.2, 0) is 11.0 Å². The first kappa shape index (κ1) is 20.8. The lowest BCUT2D eigenvalue weighted by Gasteiger charge is -2.36. The Labute approximate surface area is 168 Å². The third-order valence-electron chi connectivity index (χ3n) is 4.33. The van der Waals surface area contributed by atoms with Crippen molar-refractivity contribution in [3.05, 3.63) is 52.0 Å². The average molecular weight is 426 g/mol. The molecule has 11 heteroatoms. The zero-order valence-corrected chi connectivity index (χ0v) is 15.8. The number of anilines is 1. The molecule has 1 aromatic heterocycles. The Bertz CT molecular complexity index is 921. The molecule has 0 saturated carbocycles. The van der Waals surface area contributed by atoms with E-state index in [0.717, 1.165) is 16.6 Å². The normalized spacial score (nSPS) is 15.0. The van der Waals surface area contributed by atoms with Crippen LogP contribution in [0.2, 0.25) is 0 Å². The molecule has 3 rings (SSSR count). The number of hydrogen-bond donors (Lipinski definition) is 2. The fourth-order valence-corrected chi connectivity index (χ4v) is 3.60. The van der Waals surface area contributed by atoms with E-state index < -0.39 is 23.0 Å². The van der Waals surface area contributed by atoms with Gasteiger partial charge in [-0.25, -0.2) is 10.5 Å². The number of halogens is 3. The van der Waals surface area contributed by atoms with E-state index in [1.54, 1.807) is 12.1 Å². The summed E-state index contributed by atoms with van der Waals surface area (Å²) in [5.74, 6) is -1.18. The van der Waals surface area contributed by atoms with Crippen LogP contribution in [0, 0.1) is 0 Å². The maximum Gasteiger partial charge on any atom is 0.443 e. The minimum absolute atomic E-state index is 0.200. The fraction of sp³-hybridized carbons (Fsp3) is 0.278. The number of hydroxylamine groups is 1. The fourth-order valence-electron chi connectivity index (χ4n) is 2.93. The lowest BCUT2D eigenvalue weighted by Crippen LogP contribution is -2.49. The standard InChI is InChI=1S/C18H17F3N4O3S/c19-18(20,21)17-22-13(11-29-17)16(27)25-9-7-24(8-10-25)14-4-2-1-3-12(14)5-6-15(26)23-28/h1-6,11,28H,7-10H2,(H,23,26). The van der Waals surface area contributed by atoms with Crippen molar-refractivity contribution in [3.8, 4) is 0 Å². The summed E-state index contributed by atoms with van der Waals surface area (Å²) >= 11 is 0.406. The Hall–Kier alpha value is -2.92. The average Bonchev–Trinajstić information content (AvgIpc) is 3.22. The van der Waals surface area contributed by atoms with Crippen LogP contribution >= 0.6 is 11.3 Å². The van der Waals surface area contributed by atoms with Gasteiger partial charge < -0.3 is 9.80 Å². The summed E-state index contributed by atoms with van der Waals surface area (Å²) in [5, 5.41) is 8.68. The first-order chi connectivity index (χ1) is 13.8. The van der Waals surface area contributed by atoms with Crippen LogP contribution in [0.3, 0.4) is 0 Å². The van der Waals surface area contributed by atoms with Gasteiger partial charge in [0.15, 0.2) is 5.01 Å². The van der Waals surface area contributed by atoms with E-state index in [0.29, 0.717) is 37.5 Å². The van der Waals surface area contributed by atoms with Gasteiger partial charge in [-0.2, -0.15) is 13.2 Å². The molecular weight excluding hydrogens is 409 g/mol. The second kappa shape index (κ2) is 8.62. The first-order valence-electron chi connectivity index (χ1n) is 8.57. The predicted octanol–water partition coefficient (Wildman–Crippen LogP) is 2.64. The molecule has 1 aliphatic rings. The Morgan fingerprint density at radius 1 is 1.17 bits per heavy atom. The van der Waals surface area contributed by atoms with Gasteiger partial charge >= 0.3 is 6.18 Å². The van der Waals surface area contributed by atoms with Crippen LogP contribution in [0.25, 0.3) is 6.08 Å². The topological polar surface area (TPSA) is 85.8 Å². The van der Waals surface area contributed by atoms with Gasteiger partial charge in [0.2, 0.25) is 0 Å². The molecule has 0 bridgehead atoms. The third-order valence-corrected chi connectivity index (χ3v) is 5.22. The van der Waals surface area contributed by atoms with Gasteiger partial charge in [-0.05, 0) is 17.7 Å². The molecule has 2 amide bonds. The molecule has 0 aliphatic carbocycles. The van der Waals surface area contributed by atoms with E-state index in [-0.39, 0.29) is 5.69 Å². The Morgan fingerprint density at radius 3 is 2.48 bits per heavy atom. The van der Waals surface area contributed by atoms with Gasteiger partial charge in [-0.1, -0.05) is 18.2 Å². The van der Waals surface area contributed by atoms with Crippen LogP contribution in [-0.4, -0.2) is 53.1 Å². The summed E-state index contributed by atoms with van der Waals surface area (Å²) < 4.78 is 38.1. The van der Waals surface area contributed by atoms with Gasteiger partial charge in [0.25, 0.3) is 11.8 Å². The number of benzene rings is 1. The number of alkyl halides is 3. The van der Waals surface area contributed by atoms with Crippen LogP contribution in [0.15, 0.2) is 35.7 Å². The smallest absolute Gasteiger partial charge is 0.367 e. The largest absolute Gasteiger partial charge is 0.443 e. The number of para-hydroxylation sites is 1. The molecule has 1 aromatic carbocycles. The highest BCUT2D eigenvalue weighted by Gasteiger charge is 2.36. The van der Waals surface area contributed by atoms with Crippen LogP contribution in [0.1, 0.15) is 21.1 Å². The number of carbonyl (C=O) groups is 2. The minimum atomic E-state index is -4.56. The number of amides is 2. The molecule has 7 nitrogen and oxygen atoms in total. The summed E-state index contributed by atoms with van der Waals surface area (Å²) in [6, 6.07) is 7.32. The number of aromatic nitrogens is 1. The number of piperazine rings is 1. The molecule has 0 atom stereocenters. The maximum atomic E-state index is 12.7. The lowest BCUT2D eigenvalue weighted by molar-refractivity contribution is -0.137. The Morgan fingerprint density at radius 2 is 1.86 bits per heavy atom. The van der Waals surface area contributed by atoms with E-state index in [2.05, 4.69) is 4.98 Å². The molecule has 0 spiro atoms. The van der Waals surface area contributed by atoms with Crippen molar-refractivity contribution in [1.29, 1.82) is 0 Å². The minimum Gasteiger partial charge on any atom is -0.367 e. The molecule has 2 heterocycles. The van der Waals surface area contributed by atoms with Crippen molar-refractivity contribution in [2.45, 2.75) is 6.18 Å². The molecule has 2 aromatic rings. The number of nitrogens with zero attached hydrogens (tertiary/aromatic N) is 3. The molecule has 1 fully saturated rings. The highest BCUT2D eigenvalue weighted by Crippen LogP contribution is 2.32. The van der Waals surface area contributed by atoms with Crippen LogP contribution < -0.4 is 10.4 Å². The number of carbonyl (C=O) groups excluding carboxylic acids is 2. The molecule has 1 saturated heterocycles. The van der Waals surface area contributed by atoms with Crippen molar-refractivity contribution in [2.75, 3.05) is 31.1 Å². The number of thiazole rings is 1. The monoisotopic (exact) mass is 426 g/mol. The molecule has 1 aliphatic heterocycles. The van der Waals surface area contributed by atoms with Gasteiger partial charge in [-0.15, -0.1) is 11.3 Å². The van der Waals surface area contributed by atoms with Crippen LogP contribution in [0.5, 0.6) is 0 Å². The van der Waals surface area contributed by atoms with E-state index in [1.165, 1.54) is 16.5 Å². The van der Waals surface area contributed by atoms with E-state index in [4.69, 9.17) is 5.21 Å². The van der Waals surface area contributed by atoms with Gasteiger partial charge in [0.05, 0.1) is 0 Å². The number of rotatable bonds is 4. The van der Waals surface area contributed by atoms with Gasteiger partial charge in [0.1, 0.15) is 5.69 Å². The summed E-state index contributed by atoms with van der Waals surface area (Å²) in [4.78, 5) is 30.6. The van der Waals surface area contributed by atoms with Crippen LogP contribution in [0.4, 0.5) is 18.9 Å². The zero-order valence-electron chi connectivity index (χ0n) is 15.0. The van der Waals surface area contributed by atoms with Crippen molar-refractivity contribution < 1.29 is 28.0 Å². The molecular formula is C18H17F3N4O3S. The van der Waals surface area contributed by atoms with Crippen molar-refractivity contribution in [3.63, 3.8) is 0 Å². The molecule has 154 valence electrons. The molecule has 0 radical (unpaired) electrons. The quantitative estimate of drug-likeness (QED) is 0.446. The SMILES string of the molecule is O=C(C=Cc1ccccc1N1CCN(C(=O)c2csc(C(F)(F)F)n2)CC1)NO. The number of nitrogens with one attached hydrogen (secondary N) is 1. The van der Waals surface area contributed by atoms with E-state index in [9.17, 15) is 22.8 Å². The molecule has 2 N–H and O–H groups in total. The Balaban J connectivity index is 1.67. The lowest BCUT2D eigenvalue weighted by atomic mass is 10.1. The second-order valence-electron chi connectivity index (χ2n) is 6.18. The summed E-state index contributed by atoms with van der Waals surface area (Å²) in [7, 11) is 0. The second-order valence-corrected chi connectivity index (χ2v) is 7.04. The van der Waals surface area contributed by atoms with Gasteiger partial charge in [0, 0.05) is 43.3 Å². The predicted molar refractivity (Wildman–Crippen MR) is 101 cm³/mol. The molecule has 0 unspecified atom stereocenters. The highest BCUT2D eigenvalue weighted by molar-refractivity contribution is 7.09.